The summed E-state index contributed by atoms with van der Waals surface area (Å²) in [5.74, 6) is 0.307. The minimum Gasteiger partial charge on any atom is -0.488 e. The lowest BCUT2D eigenvalue weighted by molar-refractivity contribution is -0.384. The van der Waals surface area contributed by atoms with Crippen molar-refractivity contribution in [2.24, 2.45) is 5.16 Å². The molecule has 1 amide bonds. The monoisotopic (exact) mass is 497 g/mol. The second-order valence-electron chi connectivity index (χ2n) is 6.82. The molecule has 32 heavy (non-hydrogen) atoms. The molecule has 0 aliphatic rings. The number of nitro benzene ring substituents is 1. The third-order valence-corrected chi connectivity index (χ3v) is 4.92. The third-order valence-electron chi connectivity index (χ3n) is 4.30. The van der Waals surface area contributed by atoms with Crippen LogP contribution in [0.5, 0.6) is 5.75 Å². The molecule has 164 valence electrons. The molecule has 0 unspecified atom stereocenters. The molecular weight excluding hydrogens is 478 g/mol. The highest BCUT2D eigenvalue weighted by Gasteiger charge is 2.06. The van der Waals surface area contributed by atoms with Gasteiger partial charge in [-0.25, -0.2) is 0 Å². The summed E-state index contributed by atoms with van der Waals surface area (Å²) in [6.45, 7) is 2.03. The molecule has 0 radical (unpaired) electrons. The zero-order chi connectivity index (χ0) is 22.9. The molecule has 3 aromatic carbocycles. The van der Waals surface area contributed by atoms with Crippen LogP contribution in [0.15, 0.2) is 76.4 Å². The summed E-state index contributed by atoms with van der Waals surface area (Å²) in [5, 5.41) is 17.3. The van der Waals surface area contributed by atoms with Crippen LogP contribution in [0.25, 0.3) is 0 Å². The molecule has 0 aromatic heterocycles. The van der Waals surface area contributed by atoms with Gasteiger partial charge in [0.1, 0.15) is 12.4 Å². The van der Waals surface area contributed by atoms with Crippen molar-refractivity contribution in [3.8, 4) is 5.75 Å². The zero-order valence-corrected chi connectivity index (χ0v) is 18.7. The number of rotatable bonds is 9. The minimum atomic E-state index is -0.443. The molecule has 8 nitrogen and oxygen atoms in total. The van der Waals surface area contributed by atoms with Gasteiger partial charge in [0.25, 0.3) is 11.6 Å². The molecule has 0 saturated heterocycles. The number of aryl methyl sites for hydroxylation is 1. The van der Waals surface area contributed by atoms with Crippen molar-refractivity contribution in [3.05, 3.63) is 98.0 Å². The van der Waals surface area contributed by atoms with E-state index in [0.717, 1.165) is 16.7 Å². The highest BCUT2D eigenvalue weighted by atomic mass is 79.9. The SMILES string of the molecule is Cc1ccc(NC(=O)CO/N=C/c2ccc(OCc3ccc([N+](=O)[O-])cc3)c(Br)c2)cc1. The topological polar surface area (TPSA) is 103 Å². The fraction of sp³-hybridized carbons (Fsp3) is 0.130. The van der Waals surface area contributed by atoms with E-state index >= 15 is 0 Å². The number of non-ortho nitro benzene ring substituents is 1. The molecule has 0 heterocycles. The Morgan fingerprint density at radius 1 is 1.12 bits per heavy atom. The van der Waals surface area contributed by atoms with E-state index in [0.29, 0.717) is 15.9 Å². The second-order valence-corrected chi connectivity index (χ2v) is 7.68. The summed E-state index contributed by atoms with van der Waals surface area (Å²) in [5.41, 5.74) is 3.40. The van der Waals surface area contributed by atoms with Crippen molar-refractivity contribution < 1.29 is 19.3 Å². The van der Waals surface area contributed by atoms with E-state index in [1.165, 1.54) is 18.3 Å². The van der Waals surface area contributed by atoms with Crippen LogP contribution in [0.3, 0.4) is 0 Å². The molecule has 3 rings (SSSR count). The number of amides is 1. The van der Waals surface area contributed by atoms with Gasteiger partial charge in [-0.2, -0.15) is 0 Å². The lowest BCUT2D eigenvalue weighted by Crippen LogP contribution is -2.16. The predicted molar refractivity (Wildman–Crippen MR) is 125 cm³/mol. The molecule has 0 aliphatic heterocycles. The number of benzene rings is 3. The summed E-state index contributed by atoms with van der Waals surface area (Å²) in [7, 11) is 0. The first-order chi connectivity index (χ1) is 15.4. The Labute approximate surface area is 193 Å². The van der Waals surface area contributed by atoms with Gasteiger partial charge in [-0.1, -0.05) is 22.9 Å². The average molecular weight is 498 g/mol. The molecule has 0 aliphatic carbocycles. The Morgan fingerprint density at radius 3 is 2.50 bits per heavy atom. The van der Waals surface area contributed by atoms with Gasteiger partial charge in [0.05, 0.1) is 15.6 Å². The standard InChI is InChI=1S/C23H20BrN3O5/c1-16-2-7-19(8-3-16)26-23(28)15-32-25-13-18-6-11-22(21(24)12-18)31-14-17-4-9-20(10-5-17)27(29)30/h2-13H,14-15H2,1H3,(H,26,28)/b25-13+. The molecule has 0 saturated carbocycles. The van der Waals surface area contributed by atoms with Crippen LogP contribution in [0, 0.1) is 17.0 Å². The van der Waals surface area contributed by atoms with Gasteiger partial charge in [-0.05, 0) is 76.4 Å². The number of oxime groups is 1. The molecular formula is C23H20BrN3O5. The number of carbonyl (C=O) groups is 1. The molecule has 1 N–H and O–H groups in total. The Bertz CT molecular complexity index is 1120. The fourth-order valence-electron chi connectivity index (χ4n) is 2.62. The Kier molecular flexibility index (Phi) is 7.93. The Balaban J connectivity index is 1.46. The summed E-state index contributed by atoms with van der Waals surface area (Å²) in [4.78, 5) is 27.2. The van der Waals surface area contributed by atoms with Gasteiger partial charge >= 0.3 is 0 Å². The first-order valence-electron chi connectivity index (χ1n) is 9.58. The number of carbonyl (C=O) groups excluding carboxylic acids is 1. The normalized spacial score (nSPS) is 10.7. The van der Waals surface area contributed by atoms with E-state index in [2.05, 4.69) is 26.4 Å². The number of nitrogens with zero attached hydrogens (tertiary/aromatic N) is 2. The van der Waals surface area contributed by atoms with Crippen LogP contribution in [-0.2, 0) is 16.2 Å². The fourth-order valence-corrected chi connectivity index (χ4v) is 3.13. The quantitative estimate of drug-likeness (QED) is 0.247. The maximum atomic E-state index is 11.9. The van der Waals surface area contributed by atoms with Crippen molar-refractivity contribution in [2.75, 3.05) is 11.9 Å². The highest BCUT2D eigenvalue weighted by Crippen LogP contribution is 2.26. The maximum Gasteiger partial charge on any atom is 0.269 e. The number of halogens is 1. The number of anilines is 1. The van der Waals surface area contributed by atoms with Crippen molar-refractivity contribution in [1.82, 2.24) is 0 Å². The summed E-state index contributed by atoms with van der Waals surface area (Å²) in [6.07, 6.45) is 1.49. The van der Waals surface area contributed by atoms with Crippen LogP contribution in [0.4, 0.5) is 11.4 Å². The summed E-state index contributed by atoms with van der Waals surface area (Å²) >= 11 is 3.44. The maximum absolute atomic E-state index is 11.9. The van der Waals surface area contributed by atoms with Gasteiger partial charge in [0.2, 0.25) is 0 Å². The first-order valence-corrected chi connectivity index (χ1v) is 10.4. The number of hydrogen-bond donors (Lipinski definition) is 1. The molecule has 9 heteroatoms. The minimum absolute atomic E-state index is 0.0356. The summed E-state index contributed by atoms with van der Waals surface area (Å²) < 4.78 is 6.46. The van der Waals surface area contributed by atoms with E-state index < -0.39 is 4.92 Å². The highest BCUT2D eigenvalue weighted by molar-refractivity contribution is 9.10. The van der Waals surface area contributed by atoms with E-state index in [1.807, 2.05) is 31.2 Å². The zero-order valence-electron chi connectivity index (χ0n) is 17.2. The van der Waals surface area contributed by atoms with E-state index in [-0.39, 0.29) is 24.8 Å². The van der Waals surface area contributed by atoms with Crippen molar-refractivity contribution in [3.63, 3.8) is 0 Å². The summed E-state index contributed by atoms with van der Waals surface area (Å²) in [6, 6.07) is 19.0. The third kappa shape index (κ3) is 6.92. The van der Waals surface area contributed by atoms with Crippen LogP contribution < -0.4 is 10.1 Å². The van der Waals surface area contributed by atoms with Gasteiger partial charge in [0.15, 0.2) is 6.61 Å². The predicted octanol–water partition coefficient (Wildman–Crippen LogP) is 5.23. The number of hydrogen-bond acceptors (Lipinski definition) is 6. The second kappa shape index (κ2) is 11.1. The molecule has 3 aromatic rings. The van der Waals surface area contributed by atoms with Gasteiger partial charge in [-0.15, -0.1) is 0 Å². The van der Waals surface area contributed by atoms with Crippen molar-refractivity contribution in [1.29, 1.82) is 0 Å². The van der Waals surface area contributed by atoms with Crippen molar-refractivity contribution in [2.45, 2.75) is 13.5 Å². The van der Waals surface area contributed by atoms with E-state index in [9.17, 15) is 14.9 Å². The van der Waals surface area contributed by atoms with Crippen molar-refractivity contribution >= 4 is 39.4 Å². The van der Waals surface area contributed by atoms with Gasteiger partial charge < -0.3 is 14.9 Å². The molecule has 0 spiro atoms. The van der Waals surface area contributed by atoms with Gasteiger partial charge in [0, 0.05) is 17.8 Å². The largest absolute Gasteiger partial charge is 0.488 e. The first kappa shape index (κ1) is 23.0. The lowest BCUT2D eigenvalue weighted by Gasteiger charge is -2.09. The number of ether oxygens (including phenoxy) is 1. The molecule has 0 bridgehead atoms. The van der Waals surface area contributed by atoms with E-state index in [1.54, 1.807) is 30.3 Å². The van der Waals surface area contributed by atoms with Gasteiger partial charge in [-0.3, -0.25) is 14.9 Å². The smallest absolute Gasteiger partial charge is 0.269 e. The van der Waals surface area contributed by atoms with Crippen LogP contribution in [0.1, 0.15) is 16.7 Å². The average Bonchev–Trinajstić information content (AvgIpc) is 2.78. The Morgan fingerprint density at radius 2 is 1.84 bits per heavy atom. The van der Waals surface area contributed by atoms with Crippen LogP contribution >= 0.6 is 15.9 Å². The van der Waals surface area contributed by atoms with Crippen LogP contribution in [0.2, 0.25) is 0 Å². The number of nitrogens with one attached hydrogen (secondary N) is 1. The van der Waals surface area contributed by atoms with Crippen LogP contribution in [-0.4, -0.2) is 23.7 Å². The number of nitro groups is 1. The Hall–Kier alpha value is -3.72. The molecule has 0 fully saturated rings. The van der Waals surface area contributed by atoms with E-state index in [4.69, 9.17) is 9.57 Å². The molecule has 0 atom stereocenters. The lowest BCUT2D eigenvalue weighted by atomic mass is 10.2.